The Bertz CT molecular complexity index is 765. The number of sulfonamides is 1. The minimum absolute atomic E-state index is 0.0220. The largest absolute Gasteiger partial charge is 0.377 e. The summed E-state index contributed by atoms with van der Waals surface area (Å²) in [5, 5.41) is 8.77. The number of anilines is 1. The van der Waals surface area contributed by atoms with Crippen LogP contribution in [0.2, 0.25) is 5.02 Å². The van der Waals surface area contributed by atoms with E-state index in [0.29, 0.717) is 10.7 Å². The molecule has 2 rings (SSSR count). The first-order chi connectivity index (χ1) is 9.79. The predicted molar refractivity (Wildman–Crippen MR) is 89.0 cm³/mol. The van der Waals surface area contributed by atoms with Crippen molar-refractivity contribution in [3.8, 4) is 0 Å². The smallest absolute Gasteiger partial charge is 0.238 e. The van der Waals surface area contributed by atoms with E-state index in [2.05, 4.69) is 21.2 Å². The maximum Gasteiger partial charge on any atom is 0.238 e. The molecule has 1 atom stereocenters. The highest BCUT2D eigenvalue weighted by Crippen LogP contribution is 2.30. The molecule has 112 valence electrons. The molecule has 7 heteroatoms. The van der Waals surface area contributed by atoms with Crippen LogP contribution in [0.15, 0.2) is 51.8 Å². The summed E-state index contributed by atoms with van der Waals surface area (Å²) in [6.07, 6.45) is 0. The van der Waals surface area contributed by atoms with Crippen LogP contribution >= 0.6 is 27.5 Å². The normalized spacial score (nSPS) is 13.0. The van der Waals surface area contributed by atoms with Gasteiger partial charge in [-0.05, 0) is 36.8 Å². The molecule has 2 aromatic carbocycles. The van der Waals surface area contributed by atoms with Crippen LogP contribution in [-0.2, 0) is 10.0 Å². The Kier molecular flexibility index (Phi) is 4.93. The third-order valence-electron chi connectivity index (χ3n) is 3.01. The fourth-order valence-corrected chi connectivity index (χ4v) is 3.27. The number of primary sulfonamides is 1. The lowest BCUT2D eigenvalue weighted by atomic mass is 10.1. The molecule has 0 aliphatic heterocycles. The third-order valence-corrected chi connectivity index (χ3v) is 4.97. The van der Waals surface area contributed by atoms with E-state index in [0.717, 1.165) is 10.0 Å². The summed E-state index contributed by atoms with van der Waals surface area (Å²) < 4.78 is 23.8. The van der Waals surface area contributed by atoms with Crippen LogP contribution in [0.25, 0.3) is 0 Å². The third kappa shape index (κ3) is 3.97. The van der Waals surface area contributed by atoms with Gasteiger partial charge in [-0.3, -0.25) is 0 Å². The van der Waals surface area contributed by atoms with Crippen molar-refractivity contribution < 1.29 is 8.42 Å². The van der Waals surface area contributed by atoms with E-state index in [1.165, 1.54) is 18.2 Å². The van der Waals surface area contributed by atoms with E-state index in [-0.39, 0.29) is 10.9 Å². The molecular formula is C14H14BrClN2O2S. The van der Waals surface area contributed by atoms with E-state index >= 15 is 0 Å². The highest BCUT2D eigenvalue weighted by atomic mass is 79.9. The summed E-state index contributed by atoms with van der Waals surface area (Å²) in [6, 6.07) is 12.0. The summed E-state index contributed by atoms with van der Waals surface area (Å²) in [5.41, 5.74) is 1.56. The van der Waals surface area contributed by atoms with Gasteiger partial charge in [0.15, 0.2) is 0 Å². The van der Waals surface area contributed by atoms with E-state index in [1.807, 2.05) is 31.2 Å². The number of benzene rings is 2. The number of rotatable bonds is 4. The quantitative estimate of drug-likeness (QED) is 0.832. The summed E-state index contributed by atoms with van der Waals surface area (Å²) in [4.78, 5) is 0.0220. The maximum absolute atomic E-state index is 11.4. The van der Waals surface area contributed by atoms with Crippen molar-refractivity contribution in [1.29, 1.82) is 0 Å². The molecule has 0 radical (unpaired) electrons. The molecule has 4 nitrogen and oxygen atoms in total. The second kappa shape index (κ2) is 6.36. The molecule has 0 bridgehead atoms. The highest BCUT2D eigenvalue weighted by molar-refractivity contribution is 9.10. The lowest BCUT2D eigenvalue weighted by molar-refractivity contribution is 0.598. The van der Waals surface area contributed by atoms with Crippen LogP contribution in [0.4, 0.5) is 5.69 Å². The van der Waals surface area contributed by atoms with Crippen molar-refractivity contribution in [1.82, 2.24) is 0 Å². The van der Waals surface area contributed by atoms with Crippen LogP contribution < -0.4 is 10.5 Å². The fourth-order valence-electron chi connectivity index (χ4n) is 1.93. The molecular weight excluding hydrogens is 376 g/mol. The first-order valence-electron chi connectivity index (χ1n) is 6.12. The van der Waals surface area contributed by atoms with Gasteiger partial charge in [-0.1, -0.05) is 45.7 Å². The molecule has 0 aromatic heterocycles. The maximum atomic E-state index is 11.4. The molecule has 21 heavy (non-hydrogen) atoms. The van der Waals surface area contributed by atoms with Crippen LogP contribution in [0.5, 0.6) is 0 Å². The number of hydrogen-bond donors (Lipinski definition) is 2. The Morgan fingerprint density at radius 2 is 1.90 bits per heavy atom. The Morgan fingerprint density at radius 3 is 2.52 bits per heavy atom. The predicted octanol–water partition coefficient (Wildman–Crippen LogP) is 3.92. The standard InChI is InChI=1S/C14H14BrClN2O2S/c1-9(11-4-2-3-5-12(11)15)18-14-8-10(21(17,19)20)6-7-13(14)16/h2-9,18H,1H3,(H2,17,19,20). The van der Waals surface area contributed by atoms with Crippen molar-refractivity contribution in [3.05, 3.63) is 57.5 Å². The molecule has 0 saturated carbocycles. The van der Waals surface area contributed by atoms with Gasteiger partial charge in [0.25, 0.3) is 0 Å². The summed E-state index contributed by atoms with van der Waals surface area (Å²) >= 11 is 9.59. The van der Waals surface area contributed by atoms with Crippen LogP contribution in [-0.4, -0.2) is 8.42 Å². The molecule has 0 spiro atoms. The average Bonchev–Trinajstić information content (AvgIpc) is 2.40. The minimum atomic E-state index is -3.76. The van der Waals surface area contributed by atoms with Crippen LogP contribution in [0.1, 0.15) is 18.5 Å². The molecule has 0 saturated heterocycles. The van der Waals surface area contributed by atoms with E-state index < -0.39 is 10.0 Å². The zero-order valence-corrected chi connectivity index (χ0v) is 14.3. The average molecular weight is 390 g/mol. The first kappa shape index (κ1) is 16.3. The number of hydrogen-bond acceptors (Lipinski definition) is 3. The zero-order chi connectivity index (χ0) is 15.6. The second-order valence-corrected chi connectivity index (χ2v) is 7.40. The topological polar surface area (TPSA) is 72.2 Å². The van der Waals surface area contributed by atoms with Crippen LogP contribution in [0.3, 0.4) is 0 Å². The lowest BCUT2D eigenvalue weighted by Crippen LogP contribution is -2.13. The number of halogens is 2. The number of nitrogens with one attached hydrogen (secondary N) is 1. The molecule has 1 unspecified atom stereocenters. The van der Waals surface area contributed by atoms with Crippen molar-refractivity contribution in [2.75, 3.05) is 5.32 Å². The second-order valence-electron chi connectivity index (χ2n) is 4.57. The highest BCUT2D eigenvalue weighted by Gasteiger charge is 2.14. The van der Waals surface area contributed by atoms with Gasteiger partial charge in [0, 0.05) is 10.5 Å². The van der Waals surface area contributed by atoms with Crippen molar-refractivity contribution in [2.45, 2.75) is 17.9 Å². The monoisotopic (exact) mass is 388 g/mol. The molecule has 3 N–H and O–H groups in total. The van der Waals surface area contributed by atoms with Crippen molar-refractivity contribution in [3.63, 3.8) is 0 Å². The van der Waals surface area contributed by atoms with E-state index in [1.54, 1.807) is 0 Å². The van der Waals surface area contributed by atoms with Gasteiger partial charge in [-0.15, -0.1) is 0 Å². The first-order valence-corrected chi connectivity index (χ1v) is 8.84. The van der Waals surface area contributed by atoms with E-state index in [4.69, 9.17) is 16.7 Å². The zero-order valence-electron chi connectivity index (χ0n) is 11.2. The van der Waals surface area contributed by atoms with Crippen LogP contribution in [0, 0.1) is 0 Å². The van der Waals surface area contributed by atoms with Gasteiger partial charge in [-0.2, -0.15) is 0 Å². The molecule has 0 heterocycles. The lowest BCUT2D eigenvalue weighted by Gasteiger charge is -2.18. The summed E-state index contributed by atoms with van der Waals surface area (Å²) in [6.45, 7) is 1.96. The molecule has 0 aliphatic rings. The van der Waals surface area contributed by atoms with Gasteiger partial charge in [-0.25, -0.2) is 13.6 Å². The molecule has 0 fully saturated rings. The van der Waals surface area contributed by atoms with Gasteiger partial charge in [0.1, 0.15) is 0 Å². The number of nitrogens with two attached hydrogens (primary N) is 1. The van der Waals surface area contributed by atoms with Gasteiger partial charge in [0.2, 0.25) is 10.0 Å². The Morgan fingerprint density at radius 1 is 1.24 bits per heavy atom. The molecule has 0 amide bonds. The van der Waals surface area contributed by atoms with Gasteiger partial charge in [0.05, 0.1) is 15.6 Å². The van der Waals surface area contributed by atoms with Gasteiger partial charge >= 0.3 is 0 Å². The van der Waals surface area contributed by atoms with Crippen molar-refractivity contribution >= 4 is 43.2 Å². The van der Waals surface area contributed by atoms with Gasteiger partial charge < -0.3 is 5.32 Å². The summed E-state index contributed by atoms with van der Waals surface area (Å²) in [5.74, 6) is 0. The molecule has 0 aliphatic carbocycles. The van der Waals surface area contributed by atoms with Crippen molar-refractivity contribution in [2.24, 2.45) is 5.14 Å². The minimum Gasteiger partial charge on any atom is -0.377 e. The SMILES string of the molecule is CC(Nc1cc(S(N)(=O)=O)ccc1Cl)c1ccccc1Br. The Labute approximate surface area is 137 Å². The Hall–Kier alpha value is -1.08. The van der Waals surface area contributed by atoms with E-state index in [9.17, 15) is 8.42 Å². The fraction of sp³-hybridized carbons (Fsp3) is 0.143. The molecule has 2 aromatic rings. The Balaban J connectivity index is 2.33. The summed E-state index contributed by atoms with van der Waals surface area (Å²) in [7, 11) is -3.76.